The molecule has 1 aromatic heterocycles. The molecule has 1 unspecified atom stereocenters. The second kappa shape index (κ2) is 5.55. The lowest BCUT2D eigenvalue weighted by atomic mass is 10.1. The van der Waals surface area contributed by atoms with Crippen LogP contribution in [0.25, 0.3) is 0 Å². The highest BCUT2D eigenvalue weighted by Crippen LogP contribution is 2.34. The highest BCUT2D eigenvalue weighted by molar-refractivity contribution is 7.10. The first-order valence-corrected chi connectivity index (χ1v) is 6.91. The first kappa shape index (κ1) is 13.1. The van der Waals surface area contributed by atoms with Crippen molar-refractivity contribution < 1.29 is 4.79 Å². The van der Waals surface area contributed by atoms with Crippen LogP contribution in [-0.2, 0) is 0 Å². The molecule has 0 saturated heterocycles. The second-order valence-corrected chi connectivity index (χ2v) is 5.48. The molecule has 0 fully saturated rings. The molecule has 2 nitrogen and oxygen atoms in total. The maximum absolute atomic E-state index is 11.1. The van der Waals surface area contributed by atoms with Crippen molar-refractivity contribution in [3.63, 3.8) is 0 Å². The van der Waals surface area contributed by atoms with Gasteiger partial charge in [0.1, 0.15) is 0 Å². The average molecular weight is 280 g/mol. The molecule has 94 valence electrons. The van der Waals surface area contributed by atoms with Gasteiger partial charge in [0, 0.05) is 17.5 Å². The van der Waals surface area contributed by atoms with Crippen molar-refractivity contribution in [1.29, 1.82) is 0 Å². The van der Waals surface area contributed by atoms with Crippen LogP contribution >= 0.6 is 22.9 Å². The summed E-state index contributed by atoms with van der Waals surface area (Å²) in [4.78, 5) is 14.4. The van der Waals surface area contributed by atoms with E-state index >= 15 is 0 Å². The zero-order valence-electron chi connectivity index (χ0n) is 10.3. The molecule has 0 saturated carbocycles. The topological polar surface area (TPSA) is 20.3 Å². The molecule has 0 radical (unpaired) electrons. The van der Waals surface area contributed by atoms with Crippen LogP contribution in [-0.4, -0.2) is 13.3 Å². The highest BCUT2D eigenvalue weighted by atomic mass is 35.5. The van der Waals surface area contributed by atoms with Crippen molar-refractivity contribution >= 4 is 34.9 Å². The molecule has 0 bridgehead atoms. The molecule has 4 heteroatoms. The van der Waals surface area contributed by atoms with Gasteiger partial charge >= 0.3 is 0 Å². The molecule has 0 aliphatic rings. The Hall–Kier alpha value is -1.32. The standard InChI is InChI=1S/C14H14ClNOS/c1-10(13-7-4-8-18-13)16(2)14-11(9-17)5-3-6-12(14)15/h3-10H,1-2H3. The van der Waals surface area contributed by atoms with Gasteiger partial charge in [-0.3, -0.25) is 4.79 Å². The molecule has 0 aliphatic heterocycles. The summed E-state index contributed by atoms with van der Waals surface area (Å²) in [7, 11) is 1.96. The van der Waals surface area contributed by atoms with Crippen LogP contribution in [0.1, 0.15) is 28.2 Å². The number of anilines is 1. The normalized spacial score (nSPS) is 12.2. The maximum atomic E-state index is 11.1. The van der Waals surface area contributed by atoms with Gasteiger partial charge in [-0.2, -0.15) is 0 Å². The average Bonchev–Trinajstić information content (AvgIpc) is 2.90. The molecular weight excluding hydrogens is 266 g/mol. The molecule has 2 rings (SSSR count). The summed E-state index contributed by atoms with van der Waals surface area (Å²) in [5.74, 6) is 0. The number of carbonyl (C=O) groups is 1. The van der Waals surface area contributed by atoms with E-state index in [9.17, 15) is 4.79 Å². The Morgan fingerprint density at radius 2 is 2.11 bits per heavy atom. The fourth-order valence-electron chi connectivity index (χ4n) is 1.91. The van der Waals surface area contributed by atoms with Gasteiger partial charge in [0.25, 0.3) is 0 Å². The zero-order chi connectivity index (χ0) is 13.1. The largest absolute Gasteiger partial charge is 0.365 e. The number of rotatable bonds is 4. The van der Waals surface area contributed by atoms with Crippen molar-refractivity contribution in [1.82, 2.24) is 0 Å². The zero-order valence-corrected chi connectivity index (χ0v) is 11.8. The predicted octanol–water partition coefficient (Wildman–Crippen LogP) is 4.41. The van der Waals surface area contributed by atoms with Crippen LogP contribution < -0.4 is 4.90 Å². The van der Waals surface area contributed by atoms with Crippen LogP contribution in [0.4, 0.5) is 5.69 Å². The minimum absolute atomic E-state index is 0.184. The molecule has 2 aromatic rings. The summed E-state index contributed by atoms with van der Waals surface area (Å²) in [6, 6.07) is 9.68. The minimum Gasteiger partial charge on any atom is -0.365 e. The Kier molecular flexibility index (Phi) is 4.04. The van der Waals surface area contributed by atoms with Crippen molar-refractivity contribution in [2.24, 2.45) is 0 Å². The first-order valence-electron chi connectivity index (χ1n) is 5.65. The quantitative estimate of drug-likeness (QED) is 0.773. The molecule has 1 heterocycles. The van der Waals surface area contributed by atoms with Crippen molar-refractivity contribution in [2.45, 2.75) is 13.0 Å². The van der Waals surface area contributed by atoms with Gasteiger partial charge < -0.3 is 4.90 Å². The molecule has 1 atom stereocenters. The molecule has 0 amide bonds. The van der Waals surface area contributed by atoms with Crippen molar-refractivity contribution in [3.05, 3.63) is 51.2 Å². The molecule has 0 aliphatic carbocycles. The Morgan fingerprint density at radius 1 is 1.33 bits per heavy atom. The number of halogens is 1. The number of hydrogen-bond acceptors (Lipinski definition) is 3. The predicted molar refractivity (Wildman–Crippen MR) is 78.0 cm³/mol. The first-order chi connectivity index (χ1) is 8.65. The molecule has 0 spiro atoms. The van der Waals surface area contributed by atoms with E-state index in [2.05, 4.69) is 13.0 Å². The van der Waals surface area contributed by atoms with Crippen molar-refractivity contribution in [3.8, 4) is 0 Å². The van der Waals surface area contributed by atoms with E-state index in [1.807, 2.05) is 29.5 Å². The smallest absolute Gasteiger partial charge is 0.152 e. The van der Waals surface area contributed by atoms with E-state index in [1.54, 1.807) is 23.5 Å². The van der Waals surface area contributed by atoms with Gasteiger partial charge in [-0.25, -0.2) is 0 Å². The number of nitrogens with zero attached hydrogens (tertiary/aromatic N) is 1. The number of hydrogen-bond donors (Lipinski definition) is 0. The Morgan fingerprint density at radius 3 is 2.72 bits per heavy atom. The molecule has 1 aromatic carbocycles. The fraction of sp³-hybridized carbons (Fsp3) is 0.214. The summed E-state index contributed by atoms with van der Waals surface area (Å²) in [6.45, 7) is 2.10. The van der Waals surface area contributed by atoms with Crippen LogP contribution in [0, 0.1) is 0 Å². The van der Waals surface area contributed by atoms with Gasteiger partial charge in [-0.1, -0.05) is 23.7 Å². The number of carbonyl (C=O) groups excluding carboxylic acids is 1. The monoisotopic (exact) mass is 279 g/mol. The summed E-state index contributed by atoms with van der Waals surface area (Å²) in [5.41, 5.74) is 1.41. The molecule has 0 N–H and O–H groups in total. The molecule has 18 heavy (non-hydrogen) atoms. The van der Waals surface area contributed by atoms with Crippen LogP contribution in [0.2, 0.25) is 5.02 Å². The van der Waals surface area contributed by atoms with Gasteiger partial charge in [-0.15, -0.1) is 11.3 Å². The summed E-state index contributed by atoms with van der Waals surface area (Å²) in [5, 5.41) is 2.65. The van der Waals surface area contributed by atoms with Crippen LogP contribution in [0.15, 0.2) is 35.7 Å². The third kappa shape index (κ3) is 2.42. The highest BCUT2D eigenvalue weighted by Gasteiger charge is 2.18. The van der Waals surface area contributed by atoms with Crippen molar-refractivity contribution in [2.75, 3.05) is 11.9 Å². The Bertz CT molecular complexity index is 539. The van der Waals surface area contributed by atoms with Crippen LogP contribution in [0.3, 0.4) is 0 Å². The van der Waals surface area contributed by atoms with E-state index < -0.39 is 0 Å². The van der Waals surface area contributed by atoms with Gasteiger partial charge in [0.2, 0.25) is 0 Å². The SMILES string of the molecule is CC(c1cccs1)N(C)c1c(Cl)cccc1C=O. The number of thiophene rings is 1. The van der Waals surface area contributed by atoms with Gasteiger partial charge in [-0.05, 0) is 30.5 Å². The van der Waals surface area contributed by atoms with E-state index in [4.69, 9.17) is 11.6 Å². The summed E-state index contributed by atoms with van der Waals surface area (Å²) >= 11 is 7.91. The van der Waals surface area contributed by atoms with E-state index in [0.29, 0.717) is 10.6 Å². The van der Waals surface area contributed by atoms with Gasteiger partial charge in [0.05, 0.1) is 16.8 Å². The van der Waals surface area contributed by atoms with Crippen LogP contribution in [0.5, 0.6) is 0 Å². The number of benzene rings is 1. The second-order valence-electron chi connectivity index (χ2n) is 4.10. The van der Waals surface area contributed by atoms with Gasteiger partial charge in [0.15, 0.2) is 6.29 Å². The lowest BCUT2D eigenvalue weighted by molar-refractivity contribution is 0.112. The number of aldehydes is 1. The molecular formula is C14H14ClNOS. The summed E-state index contributed by atoms with van der Waals surface area (Å²) in [6.07, 6.45) is 0.846. The Balaban J connectivity index is 2.39. The Labute approximate surface area is 116 Å². The minimum atomic E-state index is 0.184. The number of para-hydroxylation sites is 1. The fourth-order valence-corrected chi connectivity index (χ4v) is 3.05. The third-order valence-corrected chi connectivity index (χ3v) is 4.38. The van der Waals surface area contributed by atoms with E-state index in [1.165, 1.54) is 4.88 Å². The van der Waals surface area contributed by atoms with E-state index in [0.717, 1.165) is 12.0 Å². The third-order valence-electron chi connectivity index (χ3n) is 3.03. The van der Waals surface area contributed by atoms with E-state index in [-0.39, 0.29) is 6.04 Å². The lowest BCUT2D eigenvalue weighted by Gasteiger charge is -2.28. The maximum Gasteiger partial charge on any atom is 0.152 e. The lowest BCUT2D eigenvalue weighted by Crippen LogP contribution is -2.22. The summed E-state index contributed by atoms with van der Waals surface area (Å²) < 4.78 is 0.